The molecule has 1 aromatic rings. The third kappa shape index (κ3) is 5.17. The second-order valence-corrected chi connectivity index (χ2v) is 4.37. The van der Waals surface area contributed by atoms with E-state index in [1.54, 1.807) is 6.07 Å². The molecule has 1 aromatic carbocycles. The SMILES string of the molecule is COC(=O)CCCN(CCC(=O)O)c1ccccc1N. The molecular weight excluding hydrogens is 260 g/mol. The van der Waals surface area contributed by atoms with Gasteiger partial charge in [0, 0.05) is 19.5 Å². The molecule has 0 heterocycles. The van der Waals surface area contributed by atoms with Gasteiger partial charge in [0.25, 0.3) is 0 Å². The average molecular weight is 280 g/mol. The molecule has 0 spiro atoms. The van der Waals surface area contributed by atoms with Gasteiger partial charge in [-0.15, -0.1) is 0 Å². The Kier molecular flexibility index (Phi) is 6.36. The largest absolute Gasteiger partial charge is 0.481 e. The van der Waals surface area contributed by atoms with Crippen LogP contribution >= 0.6 is 0 Å². The fourth-order valence-electron chi connectivity index (χ4n) is 1.88. The number of carboxylic acid groups (broad SMARTS) is 1. The highest BCUT2D eigenvalue weighted by Crippen LogP contribution is 2.23. The molecule has 0 atom stereocenters. The third-order valence-electron chi connectivity index (χ3n) is 2.91. The summed E-state index contributed by atoms with van der Waals surface area (Å²) >= 11 is 0. The van der Waals surface area contributed by atoms with Gasteiger partial charge in [-0.05, 0) is 18.6 Å². The predicted molar refractivity (Wildman–Crippen MR) is 76.6 cm³/mol. The number of carbonyl (C=O) groups is 2. The molecule has 0 aliphatic heterocycles. The summed E-state index contributed by atoms with van der Waals surface area (Å²) in [5.74, 6) is -1.14. The summed E-state index contributed by atoms with van der Waals surface area (Å²) in [6, 6.07) is 7.28. The van der Waals surface area contributed by atoms with E-state index < -0.39 is 5.97 Å². The first-order valence-corrected chi connectivity index (χ1v) is 6.42. The van der Waals surface area contributed by atoms with Gasteiger partial charge in [0.05, 0.1) is 24.9 Å². The first-order valence-electron chi connectivity index (χ1n) is 6.42. The zero-order chi connectivity index (χ0) is 15.0. The van der Waals surface area contributed by atoms with Crippen LogP contribution in [0.15, 0.2) is 24.3 Å². The summed E-state index contributed by atoms with van der Waals surface area (Å²) in [4.78, 5) is 23.7. The number of carboxylic acids is 1. The molecule has 0 unspecified atom stereocenters. The summed E-state index contributed by atoms with van der Waals surface area (Å²) in [6.07, 6.45) is 0.903. The molecule has 0 aromatic heterocycles. The van der Waals surface area contributed by atoms with Crippen molar-refractivity contribution < 1.29 is 19.4 Å². The number of aliphatic carboxylic acids is 1. The molecule has 3 N–H and O–H groups in total. The highest BCUT2D eigenvalue weighted by atomic mass is 16.5. The molecule has 20 heavy (non-hydrogen) atoms. The Bertz CT molecular complexity index is 462. The van der Waals surface area contributed by atoms with Crippen molar-refractivity contribution in [3.63, 3.8) is 0 Å². The van der Waals surface area contributed by atoms with E-state index in [2.05, 4.69) is 4.74 Å². The van der Waals surface area contributed by atoms with Crippen LogP contribution in [0.4, 0.5) is 11.4 Å². The van der Waals surface area contributed by atoms with Crippen molar-refractivity contribution in [2.45, 2.75) is 19.3 Å². The van der Waals surface area contributed by atoms with Crippen LogP contribution in [-0.2, 0) is 14.3 Å². The number of anilines is 2. The van der Waals surface area contributed by atoms with Gasteiger partial charge < -0.3 is 20.5 Å². The van der Waals surface area contributed by atoms with Gasteiger partial charge in [0.1, 0.15) is 0 Å². The zero-order valence-corrected chi connectivity index (χ0v) is 11.5. The van der Waals surface area contributed by atoms with E-state index in [-0.39, 0.29) is 12.4 Å². The predicted octanol–water partition coefficient (Wildman–Crippen LogP) is 1.50. The van der Waals surface area contributed by atoms with Crippen molar-refractivity contribution in [1.29, 1.82) is 0 Å². The minimum absolute atomic E-state index is 0.0204. The fourth-order valence-corrected chi connectivity index (χ4v) is 1.88. The number of nitrogens with two attached hydrogens (primary N) is 1. The van der Waals surface area contributed by atoms with Crippen LogP contribution in [0.25, 0.3) is 0 Å². The van der Waals surface area contributed by atoms with Gasteiger partial charge in [-0.3, -0.25) is 9.59 Å². The zero-order valence-electron chi connectivity index (χ0n) is 11.5. The number of benzene rings is 1. The minimum Gasteiger partial charge on any atom is -0.481 e. The lowest BCUT2D eigenvalue weighted by atomic mass is 10.2. The summed E-state index contributed by atoms with van der Waals surface area (Å²) in [5.41, 5.74) is 7.29. The van der Waals surface area contributed by atoms with Gasteiger partial charge in [-0.2, -0.15) is 0 Å². The highest BCUT2D eigenvalue weighted by molar-refractivity contribution is 5.71. The summed E-state index contributed by atoms with van der Waals surface area (Å²) in [7, 11) is 1.35. The fraction of sp³-hybridized carbons (Fsp3) is 0.429. The summed E-state index contributed by atoms with van der Waals surface area (Å²) in [6.45, 7) is 0.904. The van der Waals surface area contributed by atoms with Crippen molar-refractivity contribution >= 4 is 23.3 Å². The molecule has 0 saturated heterocycles. The van der Waals surface area contributed by atoms with E-state index in [0.29, 0.717) is 31.6 Å². The van der Waals surface area contributed by atoms with Crippen molar-refractivity contribution in [2.24, 2.45) is 0 Å². The molecule has 6 nitrogen and oxygen atoms in total. The number of para-hydroxylation sites is 2. The Morgan fingerprint density at radius 3 is 2.55 bits per heavy atom. The Balaban J connectivity index is 2.67. The van der Waals surface area contributed by atoms with Gasteiger partial charge in [0.15, 0.2) is 0 Å². The number of carbonyl (C=O) groups excluding carboxylic acids is 1. The first kappa shape index (κ1) is 15.8. The maximum Gasteiger partial charge on any atom is 0.305 e. The quantitative estimate of drug-likeness (QED) is 0.554. The average Bonchev–Trinajstić information content (AvgIpc) is 2.43. The molecule has 6 heteroatoms. The van der Waals surface area contributed by atoms with E-state index in [4.69, 9.17) is 10.8 Å². The number of nitrogens with zero attached hydrogens (tertiary/aromatic N) is 1. The van der Waals surface area contributed by atoms with Gasteiger partial charge in [-0.25, -0.2) is 0 Å². The van der Waals surface area contributed by atoms with E-state index in [1.807, 2.05) is 23.1 Å². The smallest absolute Gasteiger partial charge is 0.305 e. The molecule has 0 radical (unpaired) electrons. The van der Waals surface area contributed by atoms with Crippen LogP contribution in [0.5, 0.6) is 0 Å². The van der Waals surface area contributed by atoms with Crippen molar-refractivity contribution in [1.82, 2.24) is 0 Å². The van der Waals surface area contributed by atoms with Crippen molar-refractivity contribution in [3.05, 3.63) is 24.3 Å². The van der Waals surface area contributed by atoms with Crippen LogP contribution in [0.3, 0.4) is 0 Å². The normalized spacial score (nSPS) is 10.1. The number of ether oxygens (including phenoxy) is 1. The molecule has 1 rings (SSSR count). The Morgan fingerprint density at radius 2 is 1.95 bits per heavy atom. The number of methoxy groups -OCH3 is 1. The van der Waals surface area contributed by atoms with E-state index >= 15 is 0 Å². The molecule has 0 saturated carbocycles. The number of rotatable bonds is 8. The Morgan fingerprint density at radius 1 is 1.25 bits per heavy atom. The van der Waals surface area contributed by atoms with Crippen LogP contribution in [0, 0.1) is 0 Å². The van der Waals surface area contributed by atoms with Crippen LogP contribution in [-0.4, -0.2) is 37.2 Å². The maximum absolute atomic E-state index is 11.1. The molecule has 0 aliphatic rings. The number of hydrogen-bond donors (Lipinski definition) is 2. The molecule has 0 fully saturated rings. The van der Waals surface area contributed by atoms with Crippen molar-refractivity contribution in [2.75, 3.05) is 30.8 Å². The lowest BCUT2D eigenvalue weighted by molar-refractivity contribution is -0.140. The number of esters is 1. The van der Waals surface area contributed by atoms with E-state index in [9.17, 15) is 9.59 Å². The van der Waals surface area contributed by atoms with Gasteiger partial charge in [-0.1, -0.05) is 12.1 Å². The molecule has 0 aliphatic carbocycles. The standard InChI is InChI=1S/C14H20N2O4/c1-20-14(19)7-4-9-16(10-8-13(17)18)12-6-3-2-5-11(12)15/h2-3,5-6H,4,7-10,15H2,1H3,(H,17,18). The first-order chi connectivity index (χ1) is 9.54. The number of hydrogen-bond acceptors (Lipinski definition) is 5. The summed E-state index contributed by atoms with van der Waals surface area (Å²) < 4.78 is 4.58. The molecule has 110 valence electrons. The van der Waals surface area contributed by atoms with E-state index in [1.165, 1.54) is 7.11 Å². The lowest BCUT2D eigenvalue weighted by Crippen LogP contribution is -2.28. The second kappa shape index (κ2) is 8.04. The second-order valence-electron chi connectivity index (χ2n) is 4.37. The van der Waals surface area contributed by atoms with E-state index in [0.717, 1.165) is 5.69 Å². The van der Waals surface area contributed by atoms with Gasteiger partial charge in [0.2, 0.25) is 0 Å². The van der Waals surface area contributed by atoms with Crippen LogP contribution in [0.2, 0.25) is 0 Å². The number of nitrogen functional groups attached to an aromatic ring is 1. The Labute approximate surface area is 118 Å². The molecule has 0 amide bonds. The maximum atomic E-state index is 11.1. The third-order valence-corrected chi connectivity index (χ3v) is 2.91. The molecular formula is C14H20N2O4. The highest BCUT2D eigenvalue weighted by Gasteiger charge is 2.12. The van der Waals surface area contributed by atoms with Gasteiger partial charge >= 0.3 is 11.9 Å². The lowest BCUT2D eigenvalue weighted by Gasteiger charge is -2.25. The Hall–Kier alpha value is -2.24. The summed E-state index contributed by atoms with van der Waals surface area (Å²) in [5, 5.41) is 8.80. The monoisotopic (exact) mass is 280 g/mol. The van der Waals surface area contributed by atoms with Crippen molar-refractivity contribution in [3.8, 4) is 0 Å². The van der Waals surface area contributed by atoms with Crippen LogP contribution in [0.1, 0.15) is 19.3 Å². The minimum atomic E-state index is -0.863. The van der Waals surface area contributed by atoms with Crippen LogP contribution < -0.4 is 10.6 Å². The topological polar surface area (TPSA) is 92.9 Å². The molecule has 0 bridgehead atoms.